The lowest BCUT2D eigenvalue weighted by atomic mass is 10.1. The molecule has 2 aromatic heterocycles. The molecule has 0 aliphatic heterocycles. The Morgan fingerprint density at radius 2 is 1.83 bits per heavy atom. The number of nitrogens with one attached hydrogen (secondary N) is 1. The molecule has 0 unspecified atom stereocenters. The van der Waals surface area contributed by atoms with Crippen LogP contribution in [0.3, 0.4) is 0 Å². The normalized spacial score (nSPS) is 11.0. The number of rotatable bonds is 6. The quantitative estimate of drug-likeness (QED) is 0.385. The summed E-state index contributed by atoms with van der Waals surface area (Å²) in [6.45, 7) is 4.67. The maximum Gasteiger partial charge on any atom is 0.234 e. The number of aryl methyl sites for hydroxylation is 2. The van der Waals surface area contributed by atoms with Crippen LogP contribution in [0.4, 0.5) is 5.69 Å². The van der Waals surface area contributed by atoms with E-state index in [-0.39, 0.29) is 11.7 Å². The van der Waals surface area contributed by atoms with E-state index in [1.807, 2.05) is 48.9 Å². The molecule has 0 fully saturated rings. The van der Waals surface area contributed by atoms with Gasteiger partial charge in [-0.2, -0.15) is 5.10 Å². The lowest BCUT2D eigenvalue weighted by Gasteiger charge is -2.08. The molecule has 0 atom stereocenters. The number of benzene rings is 2. The zero-order valence-electron chi connectivity index (χ0n) is 16.3. The van der Waals surface area contributed by atoms with Gasteiger partial charge in [0, 0.05) is 5.69 Å². The molecular weight excluding hydrogens is 382 g/mol. The molecule has 0 radical (unpaired) electrons. The van der Waals surface area contributed by atoms with E-state index in [4.69, 9.17) is 0 Å². The van der Waals surface area contributed by atoms with Gasteiger partial charge in [0.15, 0.2) is 5.65 Å². The molecule has 4 rings (SSSR count). The summed E-state index contributed by atoms with van der Waals surface area (Å²) in [5.74, 6) is 0.201. The number of carbonyl (C=O) groups is 1. The standard InChI is InChI=1S/C22H21N5OS/c1-15-8-16(2)10-18(9-15)26-20(28)13-29-22-19-11-25-27(21(19)23-14-24-22)12-17-6-4-3-5-7-17/h3-11,14H,12-13H2,1-2H3,(H,26,28). The minimum Gasteiger partial charge on any atom is -0.325 e. The summed E-state index contributed by atoms with van der Waals surface area (Å²) >= 11 is 1.39. The van der Waals surface area contributed by atoms with Gasteiger partial charge in [0.1, 0.15) is 11.4 Å². The second-order valence-corrected chi connectivity index (χ2v) is 7.88. The van der Waals surface area contributed by atoms with E-state index in [9.17, 15) is 4.79 Å². The number of carbonyl (C=O) groups excluding carboxylic acids is 1. The van der Waals surface area contributed by atoms with Gasteiger partial charge in [0.25, 0.3) is 0 Å². The van der Waals surface area contributed by atoms with Crippen LogP contribution in [0, 0.1) is 13.8 Å². The Morgan fingerprint density at radius 1 is 1.07 bits per heavy atom. The molecule has 7 heteroatoms. The Labute approximate surface area is 173 Å². The number of aromatic nitrogens is 4. The molecule has 2 aromatic carbocycles. The summed E-state index contributed by atoms with van der Waals surface area (Å²) in [5.41, 5.74) is 4.98. The molecule has 0 saturated heterocycles. The molecule has 1 N–H and O–H groups in total. The minimum atomic E-state index is -0.0663. The first-order valence-electron chi connectivity index (χ1n) is 9.30. The van der Waals surface area contributed by atoms with Gasteiger partial charge >= 0.3 is 0 Å². The fraction of sp³-hybridized carbons (Fsp3) is 0.182. The first-order valence-corrected chi connectivity index (χ1v) is 10.3. The van der Waals surface area contributed by atoms with Gasteiger partial charge in [-0.1, -0.05) is 48.2 Å². The lowest BCUT2D eigenvalue weighted by molar-refractivity contribution is -0.113. The number of amides is 1. The largest absolute Gasteiger partial charge is 0.325 e. The van der Waals surface area contributed by atoms with Crippen LogP contribution in [0.15, 0.2) is 66.1 Å². The summed E-state index contributed by atoms with van der Waals surface area (Å²) in [7, 11) is 0. The Kier molecular flexibility index (Phi) is 5.57. The Balaban J connectivity index is 1.46. The second kappa shape index (κ2) is 8.45. The van der Waals surface area contributed by atoms with Crippen molar-refractivity contribution in [1.82, 2.24) is 19.7 Å². The van der Waals surface area contributed by atoms with Crippen LogP contribution >= 0.6 is 11.8 Å². The van der Waals surface area contributed by atoms with Gasteiger partial charge in [0.05, 0.1) is 23.9 Å². The van der Waals surface area contributed by atoms with Crippen LogP contribution in [-0.2, 0) is 11.3 Å². The van der Waals surface area contributed by atoms with Crippen LogP contribution in [0.2, 0.25) is 0 Å². The first-order chi connectivity index (χ1) is 14.1. The fourth-order valence-electron chi connectivity index (χ4n) is 3.24. The van der Waals surface area contributed by atoms with Gasteiger partial charge in [-0.3, -0.25) is 4.79 Å². The summed E-state index contributed by atoms with van der Waals surface area (Å²) in [4.78, 5) is 21.1. The predicted octanol–water partition coefficient (Wildman–Crippen LogP) is 4.22. The Morgan fingerprint density at radius 3 is 2.59 bits per heavy atom. The van der Waals surface area contributed by atoms with Crippen molar-refractivity contribution in [2.24, 2.45) is 0 Å². The van der Waals surface area contributed by atoms with E-state index in [1.54, 1.807) is 6.20 Å². The van der Waals surface area contributed by atoms with Gasteiger partial charge < -0.3 is 5.32 Å². The highest BCUT2D eigenvalue weighted by Gasteiger charge is 2.12. The summed E-state index contributed by atoms with van der Waals surface area (Å²) in [6, 6.07) is 16.1. The van der Waals surface area contributed by atoms with E-state index in [2.05, 4.69) is 38.6 Å². The second-order valence-electron chi connectivity index (χ2n) is 6.92. The smallest absolute Gasteiger partial charge is 0.234 e. The van der Waals surface area contributed by atoms with Crippen molar-refractivity contribution < 1.29 is 4.79 Å². The van der Waals surface area contributed by atoms with E-state index in [0.29, 0.717) is 6.54 Å². The molecule has 0 saturated carbocycles. The van der Waals surface area contributed by atoms with Crippen molar-refractivity contribution in [3.8, 4) is 0 Å². The van der Waals surface area contributed by atoms with Crippen LogP contribution in [-0.4, -0.2) is 31.4 Å². The number of nitrogens with zero attached hydrogens (tertiary/aromatic N) is 4. The maximum atomic E-state index is 12.4. The van der Waals surface area contributed by atoms with Crippen molar-refractivity contribution in [2.45, 2.75) is 25.4 Å². The van der Waals surface area contributed by atoms with Gasteiger partial charge in [0.2, 0.25) is 5.91 Å². The molecule has 146 valence electrons. The average Bonchev–Trinajstić information content (AvgIpc) is 3.10. The third-order valence-electron chi connectivity index (χ3n) is 4.42. The highest BCUT2D eigenvalue weighted by molar-refractivity contribution is 8.00. The molecule has 1 amide bonds. The summed E-state index contributed by atoms with van der Waals surface area (Å²) in [5, 5.41) is 9.03. The molecule has 0 spiro atoms. The van der Waals surface area contributed by atoms with E-state index < -0.39 is 0 Å². The Hall–Kier alpha value is -3.19. The molecular formula is C22H21N5OS. The van der Waals surface area contributed by atoms with Crippen LogP contribution in [0.25, 0.3) is 11.0 Å². The first kappa shape index (κ1) is 19.1. The lowest BCUT2D eigenvalue weighted by Crippen LogP contribution is -2.14. The monoisotopic (exact) mass is 403 g/mol. The number of fused-ring (bicyclic) bond motifs is 1. The zero-order valence-corrected chi connectivity index (χ0v) is 17.1. The zero-order chi connectivity index (χ0) is 20.2. The van der Waals surface area contributed by atoms with Gasteiger partial charge in [-0.05, 0) is 42.7 Å². The third-order valence-corrected chi connectivity index (χ3v) is 5.42. The van der Waals surface area contributed by atoms with Gasteiger partial charge in [-0.15, -0.1) is 0 Å². The topological polar surface area (TPSA) is 72.7 Å². The van der Waals surface area contributed by atoms with Crippen molar-refractivity contribution >= 4 is 34.4 Å². The van der Waals surface area contributed by atoms with Crippen LogP contribution in [0.1, 0.15) is 16.7 Å². The minimum absolute atomic E-state index is 0.0663. The predicted molar refractivity (Wildman–Crippen MR) is 116 cm³/mol. The third kappa shape index (κ3) is 4.63. The fourth-order valence-corrected chi connectivity index (χ4v) is 4.00. The number of hydrogen-bond acceptors (Lipinski definition) is 5. The average molecular weight is 404 g/mol. The van der Waals surface area contributed by atoms with E-state index in [0.717, 1.165) is 38.4 Å². The molecule has 4 aromatic rings. The van der Waals surface area contributed by atoms with Gasteiger partial charge in [-0.25, -0.2) is 14.6 Å². The van der Waals surface area contributed by atoms with Crippen molar-refractivity contribution in [3.05, 3.63) is 77.7 Å². The highest BCUT2D eigenvalue weighted by atomic mass is 32.2. The van der Waals surface area contributed by atoms with Crippen LogP contribution < -0.4 is 5.32 Å². The molecule has 0 aliphatic carbocycles. The van der Waals surface area contributed by atoms with E-state index >= 15 is 0 Å². The van der Waals surface area contributed by atoms with Crippen LogP contribution in [0.5, 0.6) is 0 Å². The van der Waals surface area contributed by atoms with E-state index in [1.165, 1.54) is 18.1 Å². The molecule has 2 heterocycles. The number of anilines is 1. The maximum absolute atomic E-state index is 12.4. The number of hydrogen-bond donors (Lipinski definition) is 1. The van der Waals surface area contributed by atoms with Crippen molar-refractivity contribution in [2.75, 3.05) is 11.1 Å². The Bertz CT molecular complexity index is 1140. The number of thioether (sulfide) groups is 1. The van der Waals surface area contributed by atoms with Crippen molar-refractivity contribution in [1.29, 1.82) is 0 Å². The highest BCUT2D eigenvalue weighted by Crippen LogP contribution is 2.25. The molecule has 6 nitrogen and oxygen atoms in total. The van der Waals surface area contributed by atoms with Crippen molar-refractivity contribution in [3.63, 3.8) is 0 Å². The summed E-state index contributed by atoms with van der Waals surface area (Å²) < 4.78 is 1.85. The molecule has 29 heavy (non-hydrogen) atoms. The molecule has 0 aliphatic rings. The molecule has 0 bridgehead atoms. The summed E-state index contributed by atoms with van der Waals surface area (Å²) in [6.07, 6.45) is 3.29. The SMILES string of the molecule is Cc1cc(C)cc(NC(=O)CSc2ncnc3c2cnn3Cc2ccccc2)c1.